The fourth-order valence-electron chi connectivity index (χ4n) is 8.56. The average Bonchev–Trinajstić information content (AvgIpc) is 3.79. The summed E-state index contributed by atoms with van der Waals surface area (Å²) in [6.45, 7) is 38.4. The van der Waals surface area contributed by atoms with E-state index < -0.39 is 0 Å². The Morgan fingerprint density at radius 3 is 1.26 bits per heavy atom. The number of aliphatic hydroxyl groups is 4. The lowest BCUT2D eigenvalue weighted by atomic mass is 9.75. The Balaban J connectivity index is 0.000000387. The molecule has 0 amide bonds. The van der Waals surface area contributed by atoms with Crippen LogP contribution >= 0.6 is 0 Å². The predicted octanol–water partition coefficient (Wildman–Crippen LogP) is 14.1. The normalized spacial score (nSPS) is 26.8. The van der Waals surface area contributed by atoms with Crippen LogP contribution in [0.25, 0.3) is 0 Å². The number of hydrogen-bond acceptors (Lipinski definition) is 4. The van der Waals surface area contributed by atoms with Crippen molar-refractivity contribution in [3.05, 3.63) is 81.5 Å². The molecule has 0 aromatic carbocycles. The second-order valence-corrected chi connectivity index (χ2v) is 20.9. The Bertz CT molecular complexity index is 1420. The van der Waals surface area contributed by atoms with Crippen LogP contribution in [-0.2, 0) is 0 Å². The summed E-state index contributed by atoms with van der Waals surface area (Å²) < 4.78 is 0. The van der Waals surface area contributed by atoms with E-state index in [1.54, 1.807) is 5.57 Å². The van der Waals surface area contributed by atoms with Crippen molar-refractivity contribution < 1.29 is 20.4 Å². The Morgan fingerprint density at radius 1 is 0.603 bits per heavy atom. The summed E-state index contributed by atoms with van der Waals surface area (Å²) in [4.78, 5) is 0. The van der Waals surface area contributed by atoms with Gasteiger partial charge in [-0.2, -0.15) is 0 Å². The molecular weight excluding hydrogens is 713 g/mol. The van der Waals surface area contributed by atoms with Crippen LogP contribution < -0.4 is 0 Å². The van der Waals surface area contributed by atoms with E-state index in [1.165, 1.54) is 54.4 Å². The molecule has 0 heterocycles. The molecule has 0 saturated heterocycles. The summed E-state index contributed by atoms with van der Waals surface area (Å²) in [5, 5.41) is 36.4. The number of hydrogen-bond donors (Lipinski definition) is 4. The number of allylic oxidation sites excluding steroid dienone is 11. The maximum Gasteiger partial charge on any atom is 0.0719 e. The Kier molecular flexibility index (Phi) is 22.8. The largest absolute Gasteiger partial charge is 0.396 e. The standard InChI is InChI=1S/2C14H24O.C13H24O.C13H22O/c1-10(12(3)15)6-8-13-9-7-11(2)14(13,4)5;1-5-12(10-15)7-9-13-8-6-11(2)14(13,3)4;2*1-10(9-14)5-7-12-8-6-11(2)13(12,3)4/h6-7,12-13,15H,8-9H2,1-5H3;6-7,13,15H,5,8-10H2,1-4H3;6,10,12,14H,5,7-9H2,1-4H3;5-6,12,14H,7-9H2,1-4H3/b10-6+;12-7+;;10-5+. The van der Waals surface area contributed by atoms with E-state index in [0.29, 0.717) is 51.9 Å². The first-order valence-electron chi connectivity index (χ1n) is 23.0. The van der Waals surface area contributed by atoms with Gasteiger partial charge < -0.3 is 20.4 Å². The first-order chi connectivity index (χ1) is 26.8. The highest BCUT2D eigenvalue weighted by Crippen LogP contribution is 2.47. The Morgan fingerprint density at radius 2 is 0.966 bits per heavy atom. The van der Waals surface area contributed by atoms with Crippen molar-refractivity contribution in [2.45, 2.75) is 188 Å². The van der Waals surface area contributed by atoms with Crippen LogP contribution in [0.5, 0.6) is 0 Å². The van der Waals surface area contributed by atoms with E-state index in [1.807, 2.05) is 20.8 Å². The highest BCUT2D eigenvalue weighted by molar-refractivity contribution is 5.22. The van der Waals surface area contributed by atoms with Gasteiger partial charge >= 0.3 is 0 Å². The lowest BCUT2D eigenvalue weighted by Crippen LogP contribution is -2.21. The predicted molar refractivity (Wildman–Crippen MR) is 254 cm³/mol. The first-order valence-corrected chi connectivity index (χ1v) is 23.0. The van der Waals surface area contributed by atoms with E-state index >= 15 is 0 Å². The van der Waals surface area contributed by atoms with Crippen LogP contribution in [0.3, 0.4) is 0 Å². The number of rotatable bonds is 14. The summed E-state index contributed by atoms with van der Waals surface area (Å²) in [5.41, 5.74) is 10.8. The zero-order chi connectivity index (χ0) is 44.6. The van der Waals surface area contributed by atoms with Crippen molar-refractivity contribution in [1.82, 2.24) is 0 Å². The van der Waals surface area contributed by atoms with Crippen LogP contribution in [0.15, 0.2) is 81.5 Å². The summed E-state index contributed by atoms with van der Waals surface area (Å²) in [5.74, 6) is 3.38. The molecule has 334 valence electrons. The third-order valence-electron chi connectivity index (χ3n) is 16.0. The summed E-state index contributed by atoms with van der Waals surface area (Å²) >= 11 is 0. The molecule has 0 aromatic rings. The Hall–Kier alpha value is -1.98. The minimum Gasteiger partial charge on any atom is -0.396 e. The van der Waals surface area contributed by atoms with Crippen molar-refractivity contribution >= 4 is 0 Å². The highest BCUT2D eigenvalue weighted by Gasteiger charge is 2.36. The minimum atomic E-state index is -0.302. The van der Waals surface area contributed by atoms with Gasteiger partial charge in [0.1, 0.15) is 0 Å². The van der Waals surface area contributed by atoms with Crippen LogP contribution in [0.1, 0.15) is 182 Å². The van der Waals surface area contributed by atoms with Crippen LogP contribution in [-0.4, -0.2) is 46.4 Å². The van der Waals surface area contributed by atoms with E-state index in [9.17, 15) is 5.11 Å². The molecule has 4 aliphatic carbocycles. The topological polar surface area (TPSA) is 80.9 Å². The smallest absolute Gasteiger partial charge is 0.0719 e. The van der Waals surface area contributed by atoms with E-state index in [2.05, 4.69) is 139 Å². The highest BCUT2D eigenvalue weighted by atomic mass is 16.3. The van der Waals surface area contributed by atoms with Crippen LogP contribution in [0.2, 0.25) is 0 Å². The zero-order valence-electron chi connectivity index (χ0n) is 41.0. The van der Waals surface area contributed by atoms with E-state index in [4.69, 9.17) is 15.3 Å². The van der Waals surface area contributed by atoms with Crippen molar-refractivity contribution in [2.75, 3.05) is 19.8 Å². The summed E-state index contributed by atoms with van der Waals surface area (Å²) in [7, 11) is 0. The molecule has 4 N–H and O–H groups in total. The molecule has 58 heavy (non-hydrogen) atoms. The molecule has 4 aliphatic rings. The molecule has 0 aromatic heterocycles. The fourth-order valence-corrected chi connectivity index (χ4v) is 8.56. The van der Waals surface area contributed by atoms with Crippen LogP contribution in [0, 0.1) is 51.2 Å². The molecule has 6 atom stereocenters. The lowest BCUT2D eigenvalue weighted by molar-refractivity contribution is 0.202. The first kappa shape index (κ1) is 54.0. The molecular formula is C54H94O4. The maximum atomic E-state index is 9.40. The summed E-state index contributed by atoms with van der Waals surface area (Å²) in [6, 6.07) is 0. The van der Waals surface area contributed by atoms with Crippen molar-refractivity contribution in [3.63, 3.8) is 0 Å². The molecule has 0 aliphatic heterocycles. The monoisotopic (exact) mass is 807 g/mol. The van der Waals surface area contributed by atoms with Gasteiger partial charge in [0, 0.05) is 6.61 Å². The maximum absolute atomic E-state index is 9.40. The second kappa shape index (κ2) is 24.5. The third-order valence-corrected chi connectivity index (χ3v) is 16.0. The quantitative estimate of drug-likeness (QED) is 0.132. The van der Waals surface area contributed by atoms with Crippen LogP contribution in [0.4, 0.5) is 0 Å². The van der Waals surface area contributed by atoms with Gasteiger partial charge in [-0.3, -0.25) is 0 Å². The number of aliphatic hydroxyl groups excluding tert-OH is 4. The van der Waals surface area contributed by atoms with Gasteiger partial charge in [-0.15, -0.1) is 0 Å². The third kappa shape index (κ3) is 15.8. The SMILES string of the molecule is CC/C(=C\CC1CC=C(C)C1(C)C)CO.CC1=CCC(C/C=C(\C)C(C)O)C1(C)C.CC1=CCC(C/C=C(\C)CO)C1(C)C.CC1=CCC(CCC(C)CO)C1(C)C. The van der Waals surface area contributed by atoms with Gasteiger partial charge in [0.15, 0.2) is 0 Å². The van der Waals surface area contributed by atoms with E-state index in [0.717, 1.165) is 49.2 Å². The molecule has 0 saturated carbocycles. The van der Waals surface area contributed by atoms with Gasteiger partial charge in [0.05, 0.1) is 19.3 Å². The van der Waals surface area contributed by atoms with Gasteiger partial charge in [0.25, 0.3) is 0 Å². The Labute approximate surface area is 359 Å². The van der Waals surface area contributed by atoms with Gasteiger partial charge in [-0.25, -0.2) is 0 Å². The van der Waals surface area contributed by atoms with Gasteiger partial charge in [-0.05, 0) is 175 Å². The van der Waals surface area contributed by atoms with Crippen molar-refractivity contribution in [1.29, 1.82) is 0 Å². The van der Waals surface area contributed by atoms with Gasteiger partial charge in [-0.1, -0.05) is 140 Å². The molecule has 0 fully saturated rings. The molecule has 0 spiro atoms. The van der Waals surface area contributed by atoms with Crippen molar-refractivity contribution in [3.8, 4) is 0 Å². The molecule has 4 heteroatoms. The molecule has 4 rings (SSSR count). The van der Waals surface area contributed by atoms with E-state index in [-0.39, 0.29) is 19.3 Å². The second-order valence-electron chi connectivity index (χ2n) is 20.9. The molecule has 0 bridgehead atoms. The molecule has 6 unspecified atom stereocenters. The van der Waals surface area contributed by atoms with Gasteiger partial charge in [0.2, 0.25) is 0 Å². The molecule has 4 nitrogen and oxygen atoms in total. The molecule has 0 radical (unpaired) electrons. The fraction of sp³-hybridized carbons (Fsp3) is 0.741. The average molecular weight is 807 g/mol. The zero-order valence-corrected chi connectivity index (χ0v) is 41.0. The lowest BCUT2D eigenvalue weighted by Gasteiger charge is -2.30. The van der Waals surface area contributed by atoms with Crippen molar-refractivity contribution in [2.24, 2.45) is 51.2 Å². The minimum absolute atomic E-state index is 0.194. The summed E-state index contributed by atoms with van der Waals surface area (Å²) in [6.07, 6.45) is 27.2.